The molecule has 5 nitrogen and oxygen atoms in total. The van der Waals surface area contributed by atoms with Gasteiger partial charge in [0, 0.05) is 13.1 Å². The van der Waals surface area contributed by atoms with Gasteiger partial charge in [-0.1, -0.05) is 30.3 Å². The van der Waals surface area contributed by atoms with Crippen molar-refractivity contribution in [3.63, 3.8) is 0 Å². The van der Waals surface area contributed by atoms with Gasteiger partial charge in [-0.15, -0.1) is 5.48 Å². The average molecular weight is 247 g/mol. The minimum absolute atomic E-state index is 0.0813. The van der Waals surface area contributed by atoms with Gasteiger partial charge in [-0.3, -0.25) is 4.90 Å². The Balaban J connectivity index is 1.61. The van der Waals surface area contributed by atoms with Crippen LogP contribution in [0.1, 0.15) is 11.7 Å². The molecule has 18 heavy (non-hydrogen) atoms. The molecule has 1 aromatic carbocycles. The Morgan fingerprint density at radius 3 is 2.78 bits per heavy atom. The van der Waals surface area contributed by atoms with Crippen molar-refractivity contribution in [2.24, 2.45) is 4.99 Å². The maximum absolute atomic E-state index is 5.44. The zero-order valence-corrected chi connectivity index (χ0v) is 10.2. The molecular formula is C13H17N3O2. The van der Waals surface area contributed by atoms with Crippen molar-refractivity contribution in [3.05, 3.63) is 35.9 Å². The van der Waals surface area contributed by atoms with E-state index in [0.29, 0.717) is 0 Å². The van der Waals surface area contributed by atoms with Crippen molar-refractivity contribution in [1.82, 2.24) is 10.4 Å². The van der Waals surface area contributed by atoms with Crippen LogP contribution in [0.4, 0.5) is 0 Å². The maximum Gasteiger partial charge on any atom is 0.225 e. The molecular weight excluding hydrogens is 230 g/mol. The van der Waals surface area contributed by atoms with E-state index >= 15 is 0 Å². The molecule has 5 heteroatoms. The second kappa shape index (κ2) is 5.48. The van der Waals surface area contributed by atoms with E-state index in [4.69, 9.17) is 9.57 Å². The first kappa shape index (κ1) is 11.6. The van der Waals surface area contributed by atoms with E-state index in [1.807, 2.05) is 30.3 Å². The van der Waals surface area contributed by atoms with Crippen LogP contribution in [0, 0.1) is 0 Å². The minimum Gasteiger partial charge on any atom is -0.390 e. The molecule has 2 aliphatic heterocycles. The quantitative estimate of drug-likeness (QED) is 0.864. The summed E-state index contributed by atoms with van der Waals surface area (Å²) in [6, 6.07) is 10.1. The predicted molar refractivity (Wildman–Crippen MR) is 68.1 cm³/mol. The molecule has 1 N–H and O–H groups in total. The molecule has 0 saturated carbocycles. The van der Waals surface area contributed by atoms with E-state index in [1.54, 1.807) is 0 Å². The SMILES string of the molecule is c1ccc([C@H]2N=C(CN3CCOCC3)ON2)cc1. The van der Waals surface area contributed by atoms with E-state index < -0.39 is 0 Å². The number of nitrogens with one attached hydrogen (secondary N) is 1. The van der Waals surface area contributed by atoms with Gasteiger partial charge in [0.1, 0.15) is 0 Å². The lowest BCUT2D eigenvalue weighted by atomic mass is 10.2. The standard InChI is InChI=1S/C13H17N3O2/c1-2-4-11(5-3-1)13-14-12(18-15-13)10-16-6-8-17-9-7-16/h1-5,13,15H,6-10H2/t13-/m0/s1. The predicted octanol–water partition coefficient (Wildman–Crippen LogP) is 0.951. The van der Waals surface area contributed by atoms with Crippen molar-refractivity contribution in [3.8, 4) is 0 Å². The largest absolute Gasteiger partial charge is 0.390 e. The third kappa shape index (κ3) is 2.69. The van der Waals surface area contributed by atoms with Gasteiger partial charge < -0.3 is 9.57 Å². The lowest BCUT2D eigenvalue weighted by Gasteiger charge is -2.25. The molecule has 3 rings (SSSR count). The molecule has 0 aliphatic carbocycles. The molecule has 0 bridgehead atoms. The Morgan fingerprint density at radius 2 is 2.00 bits per heavy atom. The zero-order valence-electron chi connectivity index (χ0n) is 10.2. The molecule has 1 fully saturated rings. The van der Waals surface area contributed by atoms with Crippen LogP contribution in [0.15, 0.2) is 35.3 Å². The summed E-state index contributed by atoms with van der Waals surface area (Å²) in [5, 5.41) is 0. The number of rotatable bonds is 3. The minimum atomic E-state index is -0.0813. The van der Waals surface area contributed by atoms with Crippen LogP contribution in [0.5, 0.6) is 0 Å². The highest BCUT2D eigenvalue weighted by atomic mass is 16.7. The van der Waals surface area contributed by atoms with Crippen LogP contribution < -0.4 is 5.48 Å². The van der Waals surface area contributed by atoms with Crippen LogP contribution in [0.2, 0.25) is 0 Å². The second-order valence-corrected chi connectivity index (χ2v) is 4.44. The van der Waals surface area contributed by atoms with Gasteiger partial charge in [-0.25, -0.2) is 4.99 Å². The smallest absolute Gasteiger partial charge is 0.225 e. The number of hydrogen-bond acceptors (Lipinski definition) is 5. The molecule has 0 unspecified atom stereocenters. The van der Waals surface area contributed by atoms with Crippen molar-refractivity contribution in [2.75, 3.05) is 32.8 Å². The summed E-state index contributed by atoms with van der Waals surface area (Å²) in [7, 11) is 0. The number of nitrogens with zero attached hydrogens (tertiary/aromatic N) is 2. The fourth-order valence-electron chi connectivity index (χ4n) is 2.12. The van der Waals surface area contributed by atoms with Crippen LogP contribution >= 0.6 is 0 Å². The highest BCUT2D eigenvalue weighted by Crippen LogP contribution is 2.18. The molecule has 2 heterocycles. The Morgan fingerprint density at radius 1 is 1.22 bits per heavy atom. The van der Waals surface area contributed by atoms with Gasteiger partial charge in [0.25, 0.3) is 0 Å². The first-order valence-corrected chi connectivity index (χ1v) is 6.26. The topological polar surface area (TPSA) is 46.1 Å². The van der Waals surface area contributed by atoms with E-state index in [1.165, 1.54) is 0 Å². The summed E-state index contributed by atoms with van der Waals surface area (Å²) in [6.45, 7) is 4.22. The number of hydrogen-bond donors (Lipinski definition) is 1. The van der Waals surface area contributed by atoms with Crippen LogP contribution in [-0.4, -0.2) is 43.6 Å². The number of benzene rings is 1. The van der Waals surface area contributed by atoms with E-state index in [0.717, 1.165) is 44.3 Å². The van der Waals surface area contributed by atoms with E-state index in [-0.39, 0.29) is 6.17 Å². The molecule has 1 saturated heterocycles. The molecule has 1 aromatic rings. The summed E-state index contributed by atoms with van der Waals surface area (Å²) in [4.78, 5) is 12.3. The van der Waals surface area contributed by atoms with Crippen LogP contribution in [-0.2, 0) is 9.57 Å². The molecule has 0 radical (unpaired) electrons. The van der Waals surface area contributed by atoms with Gasteiger partial charge in [0.2, 0.25) is 5.90 Å². The first-order chi connectivity index (χ1) is 8.92. The van der Waals surface area contributed by atoms with Crippen molar-refractivity contribution < 1.29 is 9.57 Å². The Kier molecular flexibility index (Phi) is 3.54. The first-order valence-electron chi connectivity index (χ1n) is 6.26. The number of aliphatic imine (C=N–C) groups is 1. The summed E-state index contributed by atoms with van der Waals surface area (Å²) >= 11 is 0. The highest BCUT2D eigenvalue weighted by molar-refractivity contribution is 5.79. The van der Waals surface area contributed by atoms with Gasteiger partial charge in [0.05, 0.1) is 19.8 Å². The summed E-state index contributed by atoms with van der Waals surface area (Å²) in [6.07, 6.45) is -0.0813. The molecule has 0 aromatic heterocycles. The fraction of sp³-hybridized carbons (Fsp3) is 0.462. The monoisotopic (exact) mass is 247 g/mol. The number of hydroxylamine groups is 1. The van der Waals surface area contributed by atoms with Gasteiger partial charge >= 0.3 is 0 Å². The van der Waals surface area contributed by atoms with E-state index in [2.05, 4.69) is 15.4 Å². The molecule has 96 valence electrons. The Labute approximate surface area is 106 Å². The van der Waals surface area contributed by atoms with Crippen molar-refractivity contribution in [2.45, 2.75) is 6.17 Å². The normalized spacial score (nSPS) is 24.7. The third-order valence-electron chi connectivity index (χ3n) is 3.14. The van der Waals surface area contributed by atoms with Gasteiger partial charge in [0.15, 0.2) is 6.17 Å². The Hall–Kier alpha value is -1.43. The molecule has 1 atom stereocenters. The molecule has 2 aliphatic rings. The Bertz CT molecular complexity index is 416. The van der Waals surface area contributed by atoms with Gasteiger partial charge in [-0.05, 0) is 5.56 Å². The number of morpholine rings is 1. The van der Waals surface area contributed by atoms with Gasteiger partial charge in [-0.2, -0.15) is 0 Å². The fourth-order valence-corrected chi connectivity index (χ4v) is 2.12. The maximum atomic E-state index is 5.44. The van der Waals surface area contributed by atoms with Crippen LogP contribution in [0.25, 0.3) is 0 Å². The average Bonchev–Trinajstić information content (AvgIpc) is 2.89. The second-order valence-electron chi connectivity index (χ2n) is 4.44. The summed E-state index contributed by atoms with van der Waals surface area (Å²) in [5.74, 6) is 0.755. The van der Waals surface area contributed by atoms with Crippen molar-refractivity contribution in [1.29, 1.82) is 0 Å². The molecule has 0 spiro atoms. The molecule has 0 amide bonds. The summed E-state index contributed by atoms with van der Waals surface area (Å²) in [5.41, 5.74) is 4.07. The zero-order chi connectivity index (χ0) is 12.2. The van der Waals surface area contributed by atoms with Crippen molar-refractivity contribution >= 4 is 5.90 Å². The number of ether oxygens (including phenoxy) is 1. The summed E-state index contributed by atoms with van der Waals surface area (Å²) < 4.78 is 5.32. The highest BCUT2D eigenvalue weighted by Gasteiger charge is 2.22. The van der Waals surface area contributed by atoms with E-state index in [9.17, 15) is 0 Å². The lowest BCUT2D eigenvalue weighted by Crippen LogP contribution is -2.39. The lowest BCUT2D eigenvalue weighted by molar-refractivity contribution is 0.0417. The van der Waals surface area contributed by atoms with Crippen LogP contribution in [0.3, 0.4) is 0 Å². The third-order valence-corrected chi connectivity index (χ3v) is 3.14.